The van der Waals surface area contributed by atoms with Crippen molar-refractivity contribution >= 4 is 114 Å². The summed E-state index contributed by atoms with van der Waals surface area (Å²) >= 11 is 29.0. The number of nitrogens with zero attached hydrogens (tertiary/aromatic N) is 5. The van der Waals surface area contributed by atoms with Gasteiger partial charge in [-0.3, -0.25) is 13.9 Å². The maximum Gasteiger partial charge on any atom is 1.00 e. The fourth-order valence-electron chi connectivity index (χ4n) is 9.81. The van der Waals surface area contributed by atoms with E-state index in [2.05, 4.69) is 201 Å². The molecule has 0 aliphatic carbocycles. The van der Waals surface area contributed by atoms with Gasteiger partial charge in [0.2, 0.25) is 0 Å². The number of hydrogen-bond donors (Lipinski definition) is 1. The van der Waals surface area contributed by atoms with Gasteiger partial charge in [-0.1, -0.05) is 196 Å². The van der Waals surface area contributed by atoms with E-state index in [0.29, 0.717) is 26.6 Å². The molecule has 0 bridgehead atoms. The molecule has 10 aromatic carbocycles. The maximum absolute atomic E-state index is 8.64. The second kappa shape index (κ2) is 32.9. The largest absolute Gasteiger partial charge is 1.00 e. The fraction of sp³-hybridized carbons (Fsp3) is 0.0870. The van der Waals surface area contributed by atoms with Gasteiger partial charge in [-0.25, -0.2) is 9.97 Å². The van der Waals surface area contributed by atoms with Crippen LogP contribution in [0.4, 0.5) is 22.7 Å². The summed E-state index contributed by atoms with van der Waals surface area (Å²) in [4.78, 5) is 23.5. The van der Waals surface area contributed by atoms with Gasteiger partial charge in [0.25, 0.3) is 6.47 Å². The Hall–Kier alpha value is -4.92. The number of carbonyl (C=O) groups is 1. The summed E-state index contributed by atoms with van der Waals surface area (Å²) in [6, 6.07) is 78.0. The molecular formula is C69H57BrCl4K2N6O3. The van der Waals surface area contributed by atoms with Crippen molar-refractivity contribution in [1.29, 1.82) is 0 Å². The summed E-state index contributed by atoms with van der Waals surface area (Å²) in [7, 11) is 0. The number of halogens is 5. The molecule has 0 saturated heterocycles. The molecule has 0 unspecified atom stereocenters. The summed E-state index contributed by atoms with van der Waals surface area (Å²) in [5, 5.41) is 14.8. The number of aromatic nitrogens is 4. The van der Waals surface area contributed by atoms with E-state index in [1.54, 1.807) is 6.07 Å². The fourth-order valence-corrected chi connectivity index (χ4v) is 10.9. The number of anilines is 4. The van der Waals surface area contributed by atoms with Crippen molar-refractivity contribution in [3.05, 3.63) is 284 Å². The third kappa shape index (κ3) is 16.6. The third-order valence-corrected chi connectivity index (χ3v) is 16.0. The number of benzene rings is 10. The predicted octanol–water partition coefficient (Wildman–Crippen LogP) is 13.5. The molecule has 2 heterocycles. The Kier molecular flexibility index (Phi) is 26.2. The molecule has 85 heavy (non-hydrogen) atoms. The molecule has 0 radical (unpaired) electrons. The second-order valence-corrected chi connectivity index (χ2v) is 21.4. The van der Waals surface area contributed by atoms with Crippen LogP contribution in [0.3, 0.4) is 0 Å². The van der Waals surface area contributed by atoms with Gasteiger partial charge in [0.15, 0.2) is 0 Å². The number of nitrogens with one attached hydrogen (secondary N) is 1. The van der Waals surface area contributed by atoms with E-state index in [1.165, 1.54) is 44.8 Å². The minimum Gasteiger partial charge on any atom is -1.00 e. The van der Waals surface area contributed by atoms with Crippen molar-refractivity contribution in [2.45, 2.75) is 39.6 Å². The molecule has 0 saturated carbocycles. The minimum atomic E-state index is -0.181. The molecule has 0 spiro atoms. The molecule has 0 amide bonds. The first-order valence-corrected chi connectivity index (χ1v) is 29.1. The van der Waals surface area contributed by atoms with Crippen LogP contribution in [0.15, 0.2) is 231 Å². The van der Waals surface area contributed by atoms with E-state index < -0.39 is 0 Å². The van der Waals surface area contributed by atoms with E-state index >= 15 is 0 Å². The number of carbonyl (C=O) groups excluding carboxylic acids is 1. The van der Waals surface area contributed by atoms with E-state index in [-0.39, 0.29) is 111 Å². The van der Waals surface area contributed by atoms with E-state index in [1.807, 2.05) is 91.0 Å². The monoisotopic (exact) mass is 1310 g/mol. The number of hydrogen-bond acceptors (Lipinski definition) is 7. The first-order chi connectivity index (χ1) is 40.4. The number of alkyl halides is 1. The van der Waals surface area contributed by atoms with Crippen molar-refractivity contribution in [2.24, 2.45) is 0 Å². The summed E-state index contributed by atoms with van der Waals surface area (Å²) < 4.78 is 4.54. The Labute approximate surface area is 611 Å². The zero-order valence-electron chi connectivity index (χ0n) is 48.8. The zero-order valence-corrected chi connectivity index (χ0v) is 58.6. The first kappa shape index (κ1) is 67.6. The van der Waals surface area contributed by atoms with Crippen LogP contribution >= 0.6 is 62.3 Å². The summed E-state index contributed by atoms with van der Waals surface area (Å²) in [6.45, 7) is 9.06. The van der Waals surface area contributed by atoms with Gasteiger partial charge in [0.1, 0.15) is 11.6 Å². The summed E-state index contributed by atoms with van der Waals surface area (Å²) in [5.74, 6) is 1.83. The van der Waals surface area contributed by atoms with E-state index in [9.17, 15) is 0 Å². The average molecular weight is 1320 g/mol. The maximum atomic E-state index is 8.64. The standard InChI is InChI=1S/C34H27Cl2N3.C27H21Cl2N3.C7H7Br.CH2O3.2K.H/c1-23-10-8-11-24(2)33(23)39-30-16-7-6-15-29(30)37-34(39)26-18-20-27(21-19-26)38(22-25-12-4-3-5-13-25)31-17-9-14-28(35)32(31)36;1-17-7-5-8-18(2)26(17)32-24-12-4-3-10-22(24)31-27(32)19-13-15-20(16-14-19)30-23-11-6-9-21(28)25(23)29;8-6-7-4-2-1-3-5-7;2-1-4-3;;;/h3-21H,22H2,1-2H3;3-16,30H,1-2H3;1-5H,6H2;1,3H;;;/q;;;;2*+1;-1/p-1. The van der Waals surface area contributed by atoms with E-state index in [0.717, 1.165) is 72.9 Å². The molecule has 12 aromatic rings. The average Bonchev–Trinajstić information content (AvgIpc) is 1.78. The van der Waals surface area contributed by atoms with Gasteiger partial charge in [0, 0.05) is 34.4 Å². The number of rotatable bonds is 12. The van der Waals surface area contributed by atoms with Gasteiger partial charge in [-0.15, -0.1) is 0 Å². The summed E-state index contributed by atoms with van der Waals surface area (Å²) in [6.07, 6.45) is 0. The molecule has 0 aliphatic heterocycles. The SMILES string of the molecule is BrCc1ccccc1.Cc1cccc(C)c1-n1c(-c2ccc(N(Cc3ccccc3)c3cccc(Cl)c3Cl)cc2)nc2ccccc21.Cc1cccc(C)c1-n1c(-c2ccc(Nc3cccc(Cl)c3Cl)cc2)nc2ccccc21.O=CO[O-].[H-].[K+].[K+]. The van der Waals surface area contributed by atoms with Gasteiger partial charge in [-0.05, 0) is 158 Å². The van der Waals surface area contributed by atoms with Crippen molar-refractivity contribution in [2.75, 3.05) is 10.2 Å². The molecular weight excluding hydrogens is 1260 g/mol. The molecule has 2 aromatic heterocycles. The molecule has 12 rings (SSSR count). The summed E-state index contributed by atoms with van der Waals surface area (Å²) in [5.41, 5.74) is 19.4. The number of aryl methyl sites for hydroxylation is 4. The van der Waals surface area contributed by atoms with Crippen LogP contribution in [-0.4, -0.2) is 25.6 Å². The Morgan fingerprint density at radius 1 is 0.518 bits per heavy atom. The predicted molar refractivity (Wildman–Crippen MR) is 348 cm³/mol. The molecule has 16 heteroatoms. The normalized spacial score (nSPS) is 10.4. The van der Waals surface area contributed by atoms with Crippen molar-refractivity contribution < 1.29 is 119 Å². The number of imidazole rings is 2. The van der Waals surface area contributed by atoms with Crippen LogP contribution in [0.5, 0.6) is 0 Å². The third-order valence-electron chi connectivity index (χ3n) is 13.7. The minimum absolute atomic E-state index is 0. The molecule has 0 fully saturated rings. The Bertz CT molecular complexity index is 4120. The Balaban J connectivity index is 0.000000226. The quantitative estimate of drug-likeness (QED) is 0.0428. The van der Waals surface area contributed by atoms with Gasteiger partial charge < -0.3 is 21.8 Å². The molecule has 9 nitrogen and oxygen atoms in total. The topological polar surface area (TPSA) is 100 Å². The van der Waals surface area contributed by atoms with Gasteiger partial charge >= 0.3 is 103 Å². The molecule has 1 N–H and O–H groups in total. The number of para-hydroxylation sites is 6. The van der Waals surface area contributed by atoms with Gasteiger partial charge in [0.05, 0.1) is 64.9 Å². The number of fused-ring (bicyclic) bond motifs is 2. The Morgan fingerprint density at radius 2 is 0.929 bits per heavy atom. The van der Waals surface area contributed by atoms with Crippen LogP contribution in [0.2, 0.25) is 20.1 Å². The first-order valence-electron chi connectivity index (χ1n) is 26.5. The Morgan fingerprint density at radius 3 is 1.39 bits per heavy atom. The smallest absolute Gasteiger partial charge is 1.00 e. The molecule has 418 valence electrons. The zero-order chi connectivity index (χ0) is 58.4. The van der Waals surface area contributed by atoms with E-state index in [4.69, 9.17) is 66.4 Å². The van der Waals surface area contributed by atoms with Crippen molar-refractivity contribution in [3.8, 4) is 34.2 Å². The van der Waals surface area contributed by atoms with Crippen LogP contribution < -0.4 is 118 Å². The second-order valence-electron chi connectivity index (χ2n) is 19.3. The molecule has 0 aliphatic rings. The molecule has 0 atom stereocenters. The van der Waals surface area contributed by atoms with Crippen LogP contribution in [0.25, 0.3) is 56.2 Å². The van der Waals surface area contributed by atoms with Crippen LogP contribution in [0.1, 0.15) is 34.8 Å². The van der Waals surface area contributed by atoms with Crippen LogP contribution in [0, 0.1) is 27.7 Å². The van der Waals surface area contributed by atoms with Gasteiger partial charge in [-0.2, -0.15) is 0 Å². The van der Waals surface area contributed by atoms with Crippen LogP contribution in [-0.2, 0) is 21.6 Å². The van der Waals surface area contributed by atoms with Crippen molar-refractivity contribution in [3.63, 3.8) is 0 Å². The van der Waals surface area contributed by atoms with Crippen molar-refractivity contribution in [1.82, 2.24) is 19.1 Å².